The first kappa shape index (κ1) is 17.5. The molecule has 0 saturated carbocycles. The molecule has 0 saturated heterocycles. The minimum absolute atomic E-state index is 0.108. The molecule has 5 heteroatoms. The van der Waals surface area contributed by atoms with Crippen LogP contribution in [0.4, 0.5) is 0 Å². The summed E-state index contributed by atoms with van der Waals surface area (Å²) in [5.41, 5.74) is 0.493. The van der Waals surface area contributed by atoms with Crippen LogP contribution in [0.1, 0.15) is 24.2 Å². The maximum absolute atomic E-state index is 12.2. The summed E-state index contributed by atoms with van der Waals surface area (Å²) < 4.78 is 5.66. The molecule has 1 amide bonds. The fraction of sp³-hybridized carbons (Fsp3) is 0.562. The zero-order valence-corrected chi connectivity index (χ0v) is 13.3. The number of carbonyl (C=O) groups is 1. The van der Waals surface area contributed by atoms with E-state index in [-0.39, 0.29) is 18.4 Å². The molecule has 0 aliphatic heterocycles. The highest BCUT2D eigenvalue weighted by Gasteiger charge is 2.15. The predicted molar refractivity (Wildman–Crippen MR) is 83.7 cm³/mol. The van der Waals surface area contributed by atoms with Crippen LogP contribution in [0.15, 0.2) is 24.3 Å². The van der Waals surface area contributed by atoms with Crippen molar-refractivity contribution in [1.29, 1.82) is 0 Å². The number of likely N-dealkylation sites (N-methyl/N-ethyl adjacent to an activating group) is 1. The molecule has 118 valence electrons. The minimum Gasteiger partial charge on any atom is -0.491 e. The molecule has 21 heavy (non-hydrogen) atoms. The molecule has 0 spiro atoms. The summed E-state index contributed by atoms with van der Waals surface area (Å²) >= 11 is 0. The van der Waals surface area contributed by atoms with Crippen LogP contribution >= 0.6 is 0 Å². The Labute approximate surface area is 126 Å². The number of para-hydroxylation sites is 1. The second-order valence-corrected chi connectivity index (χ2v) is 5.67. The number of rotatable bonds is 8. The van der Waals surface area contributed by atoms with E-state index in [2.05, 4.69) is 5.32 Å². The average molecular weight is 294 g/mol. The normalized spacial score (nSPS) is 12.5. The van der Waals surface area contributed by atoms with Gasteiger partial charge in [0.2, 0.25) is 0 Å². The van der Waals surface area contributed by atoms with E-state index in [0.717, 1.165) is 6.54 Å². The molecule has 0 bridgehead atoms. The third-order valence-electron chi connectivity index (χ3n) is 3.17. The number of ether oxygens (including phenoxy) is 1. The number of carbonyl (C=O) groups excluding carboxylic acids is 1. The lowest BCUT2D eigenvalue weighted by Gasteiger charge is -2.17. The summed E-state index contributed by atoms with van der Waals surface area (Å²) in [6.07, 6.45) is -0.546. The van der Waals surface area contributed by atoms with Crippen molar-refractivity contribution in [2.24, 2.45) is 5.92 Å². The maximum Gasteiger partial charge on any atom is 0.255 e. The Morgan fingerprint density at radius 3 is 2.62 bits per heavy atom. The van der Waals surface area contributed by atoms with Crippen molar-refractivity contribution < 1.29 is 14.6 Å². The van der Waals surface area contributed by atoms with E-state index >= 15 is 0 Å². The molecule has 0 aromatic heterocycles. The van der Waals surface area contributed by atoms with Crippen LogP contribution in [0.25, 0.3) is 0 Å². The van der Waals surface area contributed by atoms with E-state index in [1.807, 2.05) is 38.9 Å². The van der Waals surface area contributed by atoms with Crippen molar-refractivity contribution in [3.8, 4) is 5.75 Å². The Balaban J connectivity index is 2.62. The van der Waals surface area contributed by atoms with Crippen LogP contribution in [-0.4, -0.2) is 55.8 Å². The Bertz CT molecular complexity index is 447. The van der Waals surface area contributed by atoms with Crippen LogP contribution in [-0.2, 0) is 0 Å². The lowest BCUT2D eigenvalue weighted by molar-refractivity contribution is 0.0867. The lowest BCUT2D eigenvalue weighted by Crippen LogP contribution is -2.35. The quantitative estimate of drug-likeness (QED) is 0.760. The van der Waals surface area contributed by atoms with E-state index in [1.165, 1.54) is 0 Å². The van der Waals surface area contributed by atoms with E-state index < -0.39 is 6.10 Å². The van der Waals surface area contributed by atoms with E-state index in [0.29, 0.717) is 17.9 Å². The van der Waals surface area contributed by atoms with Gasteiger partial charge in [-0.2, -0.15) is 0 Å². The summed E-state index contributed by atoms with van der Waals surface area (Å²) in [5, 5.41) is 12.5. The lowest BCUT2D eigenvalue weighted by atomic mass is 10.1. The zero-order valence-electron chi connectivity index (χ0n) is 13.3. The largest absolute Gasteiger partial charge is 0.491 e. The standard InChI is InChI=1S/C16H26N2O3/c1-12(2)14(19)11-17-16(20)13-7-5-6-8-15(13)21-10-9-18(3)4/h5-8,12,14,19H,9-11H2,1-4H3,(H,17,20). The van der Waals surface area contributed by atoms with Crippen molar-refractivity contribution >= 4 is 5.91 Å². The Kier molecular flexibility index (Phi) is 7.19. The molecule has 1 unspecified atom stereocenters. The number of benzene rings is 1. The second kappa shape index (κ2) is 8.64. The first-order valence-corrected chi connectivity index (χ1v) is 7.24. The second-order valence-electron chi connectivity index (χ2n) is 5.67. The first-order valence-electron chi connectivity index (χ1n) is 7.24. The molecule has 0 aliphatic carbocycles. The molecule has 5 nitrogen and oxygen atoms in total. The van der Waals surface area contributed by atoms with Crippen molar-refractivity contribution in [3.05, 3.63) is 29.8 Å². The number of hydrogen-bond donors (Lipinski definition) is 2. The molecular formula is C16H26N2O3. The molecule has 0 heterocycles. The SMILES string of the molecule is CC(C)C(O)CNC(=O)c1ccccc1OCCN(C)C. The van der Waals surface area contributed by atoms with E-state index in [9.17, 15) is 9.90 Å². The third kappa shape index (κ3) is 6.14. The summed E-state index contributed by atoms with van der Waals surface area (Å²) in [5.74, 6) is 0.447. The highest BCUT2D eigenvalue weighted by Crippen LogP contribution is 2.17. The Morgan fingerprint density at radius 2 is 2.00 bits per heavy atom. The smallest absolute Gasteiger partial charge is 0.255 e. The number of hydrogen-bond acceptors (Lipinski definition) is 4. The summed E-state index contributed by atoms with van der Waals surface area (Å²) in [4.78, 5) is 14.2. The van der Waals surface area contributed by atoms with Crippen LogP contribution in [0.3, 0.4) is 0 Å². The molecular weight excluding hydrogens is 268 g/mol. The van der Waals surface area contributed by atoms with Gasteiger partial charge in [0, 0.05) is 13.1 Å². The van der Waals surface area contributed by atoms with Gasteiger partial charge in [-0.25, -0.2) is 0 Å². The molecule has 0 aliphatic rings. The van der Waals surface area contributed by atoms with Gasteiger partial charge in [0.15, 0.2) is 0 Å². The number of aliphatic hydroxyl groups is 1. The fourth-order valence-electron chi connectivity index (χ4n) is 1.65. The number of aliphatic hydroxyl groups excluding tert-OH is 1. The molecule has 1 atom stereocenters. The fourth-order valence-corrected chi connectivity index (χ4v) is 1.65. The number of nitrogens with zero attached hydrogens (tertiary/aromatic N) is 1. The van der Waals surface area contributed by atoms with Gasteiger partial charge >= 0.3 is 0 Å². The number of nitrogens with one attached hydrogen (secondary N) is 1. The summed E-state index contributed by atoms with van der Waals surface area (Å²) in [7, 11) is 3.94. The molecule has 1 aromatic carbocycles. The van der Waals surface area contributed by atoms with Gasteiger partial charge < -0.3 is 20.1 Å². The maximum atomic E-state index is 12.2. The van der Waals surface area contributed by atoms with Crippen LogP contribution in [0.2, 0.25) is 0 Å². The molecule has 0 fully saturated rings. The number of amides is 1. The Hall–Kier alpha value is -1.59. The van der Waals surface area contributed by atoms with E-state index in [4.69, 9.17) is 4.74 Å². The Morgan fingerprint density at radius 1 is 1.33 bits per heavy atom. The minimum atomic E-state index is -0.546. The van der Waals surface area contributed by atoms with Crippen LogP contribution in [0.5, 0.6) is 5.75 Å². The molecule has 1 aromatic rings. The van der Waals surface area contributed by atoms with Crippen molar-refractivity contribution in [2.45, 2.75) is 20.0 Å². The molecule has 1 rings (SSSR count). The molecule has 2 N–H and O–H groups in total. The van der Waals surface area contributed by atoms with Gasteiger partial charge in [0.1, 0.15) is 12.4 Å². The van der Waals surface area contributed by atoms with Gasteiger partial charge in [-0.15, -0.1) is 0 Å². The van der Waals surface area contributed by atoms with Crippen LogP contribution < -0.4 is 10.1 Å². The average Bonchev–Trinajstić information content (AvgIpc) is 2.44. The van der Waals surface area contributed by atoms with Crippen molar-refractivity contribution in [3.63, 3.8) is 0 Å². The monoisotopic (exact) mass is 294 g/mol. The summed E-state index contributed by atoms with van der Waals surface area (Å²) in [6, 6.07) is 7.14. The van der Waals surface area contributed by atoms with Gasteiger partial charge in [0.05, 0.1) is 11.7 Å². The van der Waals surface area contributed by atoms with Gasteiger partial charge in [-0.3, -0.25) is 4.79 Å². The van der Waals surface area contributed by atoms with Crippen LogP contribution in [0, 0.1) is 5.92 Å². The zero-order chi connectivity index (χ0) is 15.8. The highest BCUT2D eigenvalue weighted by atomic mass is 16.5. The molecule has 0 radical (unpaired) electrons. The van der Waals surface area contributed by atoms with Crippen molar-refractivity contribution in [2.75, 3.05) is 33.8 Å². The third-order valence-corrected chi connectivity index (χ3v) is 3.17. The predicted octanol–water partition coefficient (Wildman–Crippen LogP) is 1.37. The first-order chi connectivity index (χ1) is 9.91. The summed E-state index contributed by atoms with van der Waals surface area (Å²) in [6.45, 7) is 5.36. The van der Waals surface area contributed by atoms with Gasteiger partial charge in [-0.05, 0) is 32.1 Å². The van der Waals surface area contributed by atoms with Gasteiger partial charge in [-0.1, -0.05) is 26.0 Å². The van der Waals surface area contributed by atoms with Crippen molar-refractivity contribution in [1.82, 2.24) is 10.2 Å². The van der Waals surface area contributed by atoms with Gasteiger partial charge in [0.25, 0.3) is 5.91 Å². The highest BCUT2D eigenvalue weighted by molar-refractivity contribution is 5.96. The van der Waals surface area contributed by atoms with E-state index in [1.54, 1.807) is 18.2 Å². The topological polar surface area (TPSA) is 61.8 Å².